The Morgan fingerprint density at radius 1 is 1.35 bits per heavy atom. The second-order valence-electron chi connectivity index (χ2n) is 4.18. The summed E-state index contributed by atoms with van der Waals surface area (Å²) in [6, 6.07) is 0. The van der Waals surface area contributed by atoms with Gasteiger partial charge in [0, 0.05) is 6.54 Å². The number of ether oxygens (including phenoxy) is 1. The molecule has 0 aromatic carbocycles. The molecule has 2 aromatic rings. The number of unbranched alkanes of at least 4 members (excludes halogenated alkanes) is 2. The van der Waals surface area contributed by atoms with Gasteiger partial charge in [-0.15, -0.1) is 0 Å². The van der Waals surface area contributed by atoms with Gasteiger partial charge in [-0.2, -0.15) is 4.98 Å². The van der Waals surface area contributed by atoms with E-state index in [0.29, 0.717) is 30.2 Å². The molecule has 2 N–H and O–H groups in total. The van der Waals surface area contributed by atoms with Crippen LogP contribution in [0.4, 0.5) is 0 Å². The van der Waals surface area contributed by atoms with Gasteiger partial charge in [-0.1, -0.05) is 6.58 Å². The van der Waals surface area contributed by atoms with Crippen LogP contribution in [-0.2, 0) is 4.79 Å². The molecule has 1 amide bonds. The number of imidazole rings is 1. The number of fused-ring (bicyclic) bond motifs is 1. The van der Waals surface area contributed by atoms with Gasteiger partial charge >= 0.3 is 0 Å². The van der Waals surface area contributed by atoms with Crippen LogP contribution < -0.4 is 10.1 Å². The Morgan fingerprint density at radius 2 is 2.25 bits per heavy atom. The molecular weight excluding hydrogens is 258 g/mol. The van der Waals surface area contributed by atoms with Gasteiger partial charge in [0.25, 0.3) is 0 Å². The number of aromatic nitrogens is 4. The molecule has 0 unspecified atom stereocenters. The minimum atomic E-state index is -0.135. The molecule has 0 bridgehead atoms. The molecule has 2 aromatic heterocycles. The first kappa shape index (κ1) is 14.0. The summed E-state index contributed by atoms with van der Waals surface area (Å²) < 4.78 is 5.60. The summed E-state index contributed by atoms with van der Waals surface area (Å²) in [6.07, 6.45) is 7.04. The average molecular weight is 275 g/mol. The van der Waals surface area contributed by atoms with Crippen molar-refractivity contribution in [3.63, 3.8) is 0 Å². The fourth-order valence-electron chi connectivity index (χ4n) is 1.71. The molecular formula is C13H17N5O2. The van der Waals surface area contributed by atoms with Crippen LogP contribution in [0, 0.1) is 0 Å². The van der Waals surface area contributed by atoms with Crippen molar-refractivity contribution in [2.24, 2.45) is 0 Å². The zero-order chi connectivity index (χ0) is 14.2. The summed E-state index contributed by atoms with van der Waals surface area (Å²) in [5.41, 5.74) is 1.31. The van der Waals surface area contributed by atoms with E-state index in [0.717, 1.165) is 19.3 Å². The Hall–Kier alpha value is -2.44. The first-order valence-corrected chi connectivity index (χ1v) is 6.48. The second-order valence-corrected chi connectivity index (χ2v) is 4.18. The van der Waals surface area contributed by atoms with E-state index in [2.05, 4.69) is 31.8 Å². The quantitative estimate of drug-likeness (QED) is 0.558. The lowest BCUT2D eigenvalue weighted by atomic mass is 10.2. The molecule has 2 rings (SSSR count). The van der Waals surface area contributed by atoms with Gasteiger partial charge in [0.2, 0.25) is 11.8 Å². The van der Waals surface area contributed by atoms with Gasteiger partial charge in [0.15, 0.2) is 5.65 Å². The molecule has 0 aliphatic heterocycles. The highest BCUT2D eigenvalue weighted by Gasteiger charge is 2.06. The Balaban J connectivity index is 1.65. The highest BCUT2D eigenvalue weighted by Crippen LogP contribution is 2.17. The summed E-state index contributed by atoms with van der Waals surface area (Å²) in [5.74, 6) is 0.385. The van der Waals surface area contributed by atoms with Crippen LogP contribution in [0.2, 0.25) is 0 Å². The largest absolute Gasteiger partial charge is 0.476 e. The van der Waals surface area contributed by atoms with Crippen LogP contribution >= 0.6 is 0 Å². The van der Waals surface area contributed by atoms with Crippen molar-refractivity contribution in [2.45, 2.75) is 19.3 Å². The van der Waals surface area contributed by atoms with E-state index in [9.17, 15) is 4.79 Å². The molecule has 7 heteroatoms. The molecule has 106 valence electrons. The molecule has 0 aliphatic rings. The molecule has 20 heavy (non-hydrogen) atoms. The number of amides is 1. The molecule has 7 nitrogen and oxygen atoms in total. The third kappa shape index (κ3) is 3.78. The van der Waals surface area contributed by atoms with Gasteiger partial charge in [0.1, 0.15) is 11.8 Å². The van der Waals surface area contributed by atoms with E-state index in [1.807, 2.05) is 0 Å². The van der Waals surface area contributed by atoms with Crippen LogP contribution in [0.15, 0.2) is 25.3 Å². The van der Waals surface area contributed by atoms with Crippen LogP contribution in [0.25, 0.3) is 11.2 Å². The van der Waals surface area contributed by atoms with Gasteiger partial charge in [0.05, 0.1) is 12.9 Å². The zero-order valence-corrected chi connectivity index (χ0v) is 11.1. The van der Waals surface area contributed by atoms with Gasteiger partial charge in [-0.05, 0) is 25.3 Å². The highest BCUT2D eigenvalue weighted by atomic mass is 16.5. The average Bonchev–Trinajstić information content (AvgIpc) is 2.95. The van der Waals surface area contributed by atoms with Crippen molar-refractivity contribution in [1.29, 1.82) is 0 Å². The standard InChI is InChI=1S/C13H17N5O2/c1-2-10(19)14-6-4-3-5-7-20-13-11-12(16-8-15-11)17-9-18-13/h2,8-9H,1,3-7H2,(H,14,19)(H,15,16,17,18). The number of carbonyl (C=O) groups is 1. The highest BCUT2D eigenvalue weighted by molar-refractivity contribution is 5.86. The monoisotopic (exact) mass is 275 g/mol. The minimum Gasteiger partial charge on any atom is -0.476 e. The summed E-state index contributed by atoms with van der Waals surface area (Å²) in [6.45, 7) is 4.62. The predicted octanol–water partition coefficient (Wildman–Crippen LogP) is 1.20. The minimum absolute atomic E-state index is 0.135. The van der Waals surface area contributed by atoms with Gasteiger partial charge < -0.3 is 15.0 Å². The Labute approximate surface area is 116 Å². The Morgan fingerprint density at radius 3 is 3.10 bits per heavy atom. The van der Waals surface area contributed by atoms with E-state index < -0.39 is 0 Å². The first-order chi connectivity index (χ1) is 9.81. The van der Waals surface area contributed by atoms with Crippen LogP contribution in [0.3, 0.4) is 0 Å². The van der Waals surface area contributed by atoms with Crippen molar-refractivity contribution in [3.05, 3.63) is 25.3 Å². The lowest BCUT2D eigenvalue weighted by Crippen LogP contribution is -2.21. The maximum absolute atomic E-state index is 10.9. The van der Waals surface area contributed by atoms with E-state index >= 15 is 0 Å². The van der Waals surface area contributed by atoms with E-state index in [-0.39, 0.29) is 5.91 Å². The smallest absolute Gasteiger partial charge is 0.243 e. The molecule has 2 heterocycles. The topological polar surface area (TPSA) is 92.8 Å². The van der Waals surface area contributed by atoms with Crippen molar-refractivity contribution in [1.82, 2.24) is 25.3 Å². The Bertz CT molecular complexity index is 581. The molecule has 0 spiro atoms. The number of carbonyl (C=O) groups excluding carboxylic acids is 1. The molecule has 0 saturated heterocycles. The van der Waals surface area contributed by atoms with Crippen molar-refractivity contribution in [3.8, 4) is 5.88 Å². The number of nitrogens with zero attached hydrogens (tertiary/aromatic N) is 3. The molecule has 0 aliphatic carbocycles. The van der Waals surface area contributed by atoms with Gasteiger partial charge in [-0.25, -0.2) is 9.97 Å². The van der Waals surface area contributed by atoms with Crippen LogP contribution in [0.1, 0.15) is 19.3 Å². The fourth-order valence-corrected chi connectivity index (χ4v) is 1.71. The second kappa shape index (κ2) is 7.22. The Kier molecular flexibility index (Phi) is 5.05. The summed E-state index contributed by atoms with van der Waals surface area (Å²) >= 11 is 0. The number of H-pyrrole nitrogens is 1. The molecule has 0 atom stereocenters. The normalized spacial score (nSPS) is 10.4. The third-order valence-electron chi connectivity index (χ3n) is 2.73. The molecule has 0 saturated carbocycles. The lowest BCUT2D eigenvalue weighted by molar-refractivity contribution is -0.116. The van der Waals surface area contributed by atoms with Crippen LogP contribution in [-0.4, -0.2) is 39.0 Å². The van der Waals surface area contributed by atoms with Crippen molar-refractivity contribution >= 4 is 17.1 Å². The number of aromatic amines is 1. The number of hydrogen-bond acceptors (Lipinski definition) is 5. The SMILES string of the molecule is C=CC(=O)NCCCCCOc1ncnc2nc[nH]c12. The maximum atomic E-state index is 10.9. The van der Waals surface area contributed by atoms with Crippen LogP contribution in [0.5, 0.6) is 5.88 Å². The van der Waals surface area contributed by atoms with E-state index in [1.165, 1.54) is 12.4 Å². The fraction of sp³-hybridized carbons (Fsp3) is 0.385. The van der Waals surface area contributed by atoms with E-state index in [1.54, 1.807) is 6.33 Å². The van der Waals surface area contributed by atoms with E-state index in [4.69, 9.17) is 4.74 Å². The molecule has 0 fully saturated rings. The summed E-state index contributed by atoms with van der Waals surface area (Å²) in [7, 11) is 0. The van der Waals surface area contributed by atoms with Crippen molar-refractivity contribution in [2.75, 3.05) is 13.2 Å². The van der Waals surface area contributed by atoms with Gasteiger partial charge in [-0.3, -0.25) is 4.79 Å². The summed E-state index contributed by atoms with van der Waals surface area (Å²) in [4.78, 5) is 26.0. The lowest BCUT2D eigenvalue weighted by Gasteiger charge is -2.05. The first-order valence-electron chi connectivity index (χ1n) is 6.48. The number of nitrogens with one attached hydrogen (secondary N) is 2. The third-order valence-corrected chi connectivity index (χ3v) is 2.73. The molecule has 0 radical (unpaired) electrons. The number of hydrogen-bond donors (Lipinski definition) is 2. The summed E-state index contributed by atoms with van der Waals surface area (Å²) in [5, 5.41) is 2.73. The zero-order valence-electron chi connectivity index (χ0n) is 11.1. The predicted molar refractivity (Wildman–Crippen MR) is 74.2 cm³/mol. The van der Waals surface area contributed by atoms with Crippen molar-refractivity contribution < 1.29 is 9.53 Å². The maximum Gasteiger partial charge on any atom is 0.243 e. The number of rotatable bonds is 8.